The fraction of sp³-hybridized carbons (Fsp3) is 0.542. The van der Waals surface area contributed by atoms with E-state index in [9.17, 15) is 33.8 Å². The van der Waals surface area contributed by atoms with Gasteiger partial charge in [0, 0.05) is 12.8 Å². The third kappa shape index (κ3) is 45.1. The zero-order chi connectivity index (χ0) is 47.4. The molecule has 0 amide bonds. The number of aliphatic hydroxyl groups excluding tert-OH is 2. The molecule has 0 aliphatic carbocycles. The summed E-state index contributed by atoms with van der Waals surface area (Å²) in [5.41, 5.74) is 0. The fourth-order valence-corrected chi connectivity index (χ4v) is 6.19. The van der Waals surface area contributed by atoms with E-state index < -0.39 is 72.3 Å². The molecule has 362 valence electrons. The van der Waals surface area contributed by atoms with Crippen molar-refractivity contribution in [1.29, 1.82) is 0 Å². The molecule has 0 bridgehead atoms. The normalized spacial score (nSPS) is 15.5. The standard InChI is InChI=1S/C48H76O14P2/c1-3-5-7-8-9-10-11-12-13-14-15-18-21-24-27-30-34-38-47(51)58-42-46(43-61-64(56,57)60-41-45(50)40-59-63(53,54)55)62-48(52)39-35-31-28-25-22-19-16-17-20-23-26-29-33-37-44(49)36-32-6-4-2/h6,9-10,12-13,15,17-20,22,24,26-29,31-33,37,44-46,49-50H,3-5,7-8,11,14,16,21,23,25,30,34-36,38-43H2,1-2H3,(H,56,57)(H2,53,54,55)/b10-9-,13-12-,18-15-,20-17-,22-19-,27-24-,29-26+,31-28-,32-6-,37-33+/t44?,45-,46+/m0/s1. The minimum Gasteiger partial charge on any atom is -0.462 e. The molecule has 64 heavy (non-hydrogen) atoms. The number of hydrogen-bond donors (Lipinski definition) is 5. The Morgan fingerprint density at radius 1 is 0.531 bits per heavy atom. The summed E-state index contributed by atoms with van der Waals surface area (Å²) in [6.45, 7) is 1.34. The maximum atomic E-state index is 12.6. The van der Waals surface area contributed by atoms with Crippen LogP contribution in [0.3, 0.4) is 0 Å². The van der Waals surface area contributed by atoms with Gasteiger partial charge in [0.2, 0.25) is 0 Å². The first-order valence-electron chi connectivity index (χ1n) is 22.3. The molecule has 14 nitrogen and oxygen atoms in total. The molecule has 0 aromatic carbocycles. The highest BCUT2D eigenvalue weighted by Gasteiger charge is 2.28. The molecule has 0 saturated heterocycles. The Morgan fingerprint density at radius 3 is 1.61 bits per heavy atom. The van der Waals surface area contributed by atoms with Crippen LogP contribution in [0.15, 0.2) is 122 Å². The van der Waals surface area contributed by atoms with Crippen LogP contribution < -0.4 is 0 Å². The summed E-state index contributed by atoms with van der Waals surface area (Å²) in [4.78, 5) is 52.7. The van der Waals surface area contributed by atoms with Gasteiger partial charge in [0.25, 0.3) is 0 Å². The molecule has 5 N–H and O–H groups in total. The first kappa shape index (κ1) is 60.5. The molecular weight excluding hydrogens is 862 g/mol. The van der Waals surface area contributed by atoms with Crippen LogP contribution in [0.4, 0.5) is 0 Å². The van der Waals surface area contributed by atoms with Crippen LogP contribution in [0.2, 0.25) is 0 Å². The molecular formula is C48H76O14P2. The van der Waals surface area contributed by atoms with Gasteiger partial charge >= 0.3 is 27.6 Å². The monoisotopic (exact) mass is 938 g/mol. The van der Waals surface area contributed by atoms with E-state index >= 15 is 0 Å². The number of hydrogen-bond acceptors (Lipinski definition) is 11. The van der Waals surface area contributed by atoms with E-state index in [0.717, 1.165) is 44.9 Å². The molecule has 0 heterocycles. The molecule has 0 aliphatic heterocycles. The van der Waals surface area contributed by atoms with Crippen LogP contribution in [-0.2, 0) is 41.8 Å². The zero-order valence-corrected chi connectivity index (χ0v) is 39.7. The van der Waals surface area contributed by atoms with Crippen molar-refractivity contribution in [2.45, 2.75) is 141 Å². The molecule has 0 radical (unpaired) electrons. The minimum atomic E-state index is -4.89. The molecule has 0 aliphatic rings. The van der Waals surface area contributed by atoms with Gasteiger partial charge in [0.15, 0.2) is 6.10 Å². The number of rotatable bonds is 40. The van der Waals surface area contributed by atoms with Crippen molar-refractivity contribution < 1.29 is 66.7 Å². The van der Waals surface area contributed by atoms with Crippen molar-refractivity contribution in [3.8, 4) is 0 Å². The summed E-state index contributed by atoms with van der Waals surface area (Å²) < 4.78 is 47.6. The van der Waals surface area contributed by atoms with Gasteiger partial charge in [0.05, 0.1) is 25.9 Å². The highest BCUT2D eigenvalue weighted by atomic mass is 31.2. The number of unbranched alkanes of at least 4 members (excludes halogenated alkanes) is 4. The Hall–Kier alpha value is -3.52. The van der Waals surface area contributed by atoms with Crippen LogP contribution in [0.1, 0.15) is 123 Å². The van der Waals surface area contributed by atoms with E-state index in [0.29, 0.717) is 32.1 Å². The molecule has 2 unspecified atom stereocenters. The quantitative estimate of drug-likeness (QED) is 0.0127. The Morgan fingerprint density at radius 2 is 1.05 bits per heavy atom. The van der Waals surface area contributed by atoms with Crippen molar-refractivity contribution in [3.63, 3.8) is 0 Å². The Balaban J connectivity index is 4.78. The molecule has 0 aromatic rings. The summed E-state index contributed by atoms with van der Waals surface area (Å²) >= 11 is 0. The number of phosphoric ester groups is 2. The van der Waals surface area contributed by atoms with E-state index in [1.54, 1.807) is 6.08 Å². The lowest BCUT2D eigenvalue weighted by Gasteiger charge is -2.20. The van der Waals surface area contributed by atoms with E-state index in [1.165, 1.54) is 19.3 Å². The van der Waals surface area contributed by atoms with Crippen LogP contribution in [0.25, 0.3) is 0 Å². The number of aliphatic hydroxyl groups is 2. The van der Waals surface area contributed by atoms with Gasteiger partial charge in [-0.2, -0.15) is 0 Å². The van der Waals surface area contributed by atoms with Gasteiger partial charge < -0.3 is 34.4 Å². The molecule has 16 heteroatoms. The van der Waals surface area contributed by atoms with Crippen LogP contribution in [0.5, 0.6) is 0 Å². The summed E-state index contributed by atoms with van der Waals surface area (Å²) in [6, 6.07) is 0. The van der Waals surface area contributed by atoms with Crippen molar-refractivity contribution in [2.75, 3.05) is 26.4 Å². The second-order valence-corrected chi connectivity index (χ2v) is 17.1. The molecule has 0 spiro atoms. The van der Waals surface area contributed by atoms with Gasteiger partial charge in [0.1, 0.15) is 12.7 Å². The number of allylic oxidation sites excluding steroid dienone is 18. The third-order valence-electron chi connectivity index (χ3n) is 8.42. The number of carbonyl (C=O) groups is 2. The minimum absolute atomic E-state index is 0.0287. The van der Waals surface area contributed by atoms with Gasteiger partial charge in [-0.15, -0.1) is 0 Å². The van der Waals surface area contributed by atoms with Crippen molar-refractivity contribution in [3.05, 3.63) is 122 Å². The predicted octanol–water partition coefficient (Wildman–Crippen LogP) is 10.6. The molecule has 4 atom stereocenters. The number of ether oxygens (including phenoxy) is 2. The van der Waals surface area contributed by atoms with Crippen molar-refractivity contribution in [2.24, 2.45) is 0 Å². The summed E-state index contributed by atoms with van der Waals surface area (Å²) in [5.74, 6) is -1.23. The number of esters is 2. The average Bonchev–Trinajstić information content (AvgIpc) is 3.25. The van der Waals surface area contributed by atoms with Crippen LogP contribution in [-0.4, -0.2) is 81.6 Å². The summed E-state index contributed by atoms with van der Waals surface area (Å²) in [5, 5.41) is 19.6. The fourth-order valence-electron chi connectivity index (χ4n) is 5.04. The van der Waals surface area contributed by atoms with E-state index in [4.69, 9.17) is 23.8 Å². The molecule has 0 aromatic heterocycles. The topological polar surface area (TPSA) is 216 Å². The highest BCUT2D eigenvalue weighted by Crippen LogP contribution is 2.43. The lowest BCUT2D eigenvalue weighted by atomic mass is 10.2. The number of phosphoric acid groups is 2. The van der Waals surface area contributed by atoms with Gasteiger partial charge in [-0.1, -0.05) is 148 Å². The Bertz CT molecular complexity index is 1600. The maximum Gasteiger partial charge on any atom is 0.472 e. The highest BCUT2D eigenvalue weighted by molar-refractivity contribution is 7.47. The smallest absolute Gasteiger partial charge is 0.462 e. The summed E-state index contributed by atoms with van der Waals surface area (Å²) in [7, 11) is -9.75. The maximum absolute atomic E-state index is 12.6. The lowest BCUT2D eigenvalue weighted by molar-refractivity contribution is -0.161. The second kappa shape index (κ2) is 42.1. The predicted molar refractivity (Wildman–Crippen MR) is 254 cm³/mol. The Labute approximate surface area is 382 Å². The molecule has 0 fully saturated rings. The molecule has 0 saturated carbocycles. The van der Waals surface area contributed by atoms with Crippen LogP contribution in [0, 0.1) is 0 Å². The van der Waals surface area contributed by atoms with E-state index in [1.807, 2.05) is 66.8 Å². The Kier molecular flexibility index (Phi) is 39.8. The van der Waals surface area contributed by atoms with Crippen molar-refractivity contribution in [1.82, 2.24) is 0 Å². The van der Waals surface area contributed by atoms with Crippen LogP contribution >= 0.6 is 15.6 Å². The number of carbonyl (C=O) groups excluding carboxylic acids is 2. The van der Waals surface area contributed by atoms with Crippen molar-refractivity contribution >= 4 is 27.6 Å². The first-order valence-corrected chi connectivity index (χ1v) is 25.4. The van der Waals surface area contributed by atoms with Gasteiger partial charge in [-0.3, -0.25) is 23.2 Å². The summed E-state index contributed by atoms with van der Waals surface area (Å²) in [6.07, 6.45) is 49.7. The molecule has 0 rings (SSSR count). The SMILES string of the molecule is CC/C=C\CC(O)/C=C/C=C/C/C=C\C/C=C\C/C=C\CCC(=O)O[C@H](COC(=O)CCC/C=C\C/C=C\C/C=C\C/C=C\CCCCC)COP(=O)(O)OC[C@@H](O)COP(=O)(O)O. The largest absolute Gasteiger partial charge is 0.472 e. The first-order chi connectivity index (χ1) is 30.8. The van der Waals surface area contributed by atoms with Gasteiger partial charge in [-0.05, 0) is 83.5 Å². The lowest BCUT2D eigenvalue weighted by Crippen LogP contribution is -2.29. The van der Waals surface area contributed by atoms with Gasteiger partial charge in [-0.25, -0.2) is 9.13 Å². The zero-order valence-electron chi connectivity index (χ0n) is 37.9. The average molecular weight is 939 g/mol. The third-order valence-corrected chi connectivity index (χ3v) is 9.85. The van der Waals surface area contributed by atoms with E-state index in [2.05, 4.69) is 71.5 Å². The second-order valence-electron chi connectivity index (χ2n) is 14.4. The van der Waals surface area contributed by atoms with E-state index in [-0.39, 0.29) is 12.8 Å².